The molecule has 24 heavy (non-hydrogen) atoms. The fourth-order valence-electron chi connectivity index (χ4n) is 3.44. The number of carbonyl (C=O) groups is 1. The minimum Gasteiger partial charge on any atom is -0.298 e. The van der Waals surface area contributed by atoms with Crippen LogP contribution in [0.1, 0.15) is 17.6 Å². The summed E-state index contributed by atoms with van der Waals surface area (Å²) in [7, 11) is 2.05. The van der Waals surface area contributed by atoms with Crippen molar-refractivity contribution in [3.8, 4) is 0 Å². The SMILES string of the molecule is Cn1sc2ccccc2n(C(=O)CN2CCCC2)c2ccccc21. The number of nitrogens with zero attached hydrogens (tertiary/aromatic N) is 3. The molecule has 3 aromatic rings. The number of benzene rings is 2. The largest absolute Gasteiger partial charge is 0.298 e. The Balaban J connectivity index is 1.99. The summed E-state index contributed by atoms with van der Waals surface area (Å²) >= 11 is 1.67. The molecule has 0 saturated carbocycles. The van der Waals surface area contributed by atoms with Crippen LogP contribution in [0.15, 0.2) is 48.5 Å². The maximum absolute atomic E-state index is 13.2. The normalized spacial score (nSPS) is 15.2. The first kappa shape index (κ1) is 15.4. The smallest absolute Gasteiger partial charge is 0.245 e. The van der Waals surface area contributed by atoms with Crippen molar-refractivity contribution in [1.82, 2.24) is 13.4 Å². The van der Waals surface area contributed by atoms with Crippen LogP contribution in [0, 0.1) is 0 Å². The number of likely N-dealkylation sites (tertiary alicyclic amines) is 1. The minimum atomic E-state index is 0.146. The lowest BCUT2D eigenvalue weighted by molar-refractivity contribution is 0.0873. The number of aromatic nitrogens is 2. The zero-order valence-corrected chi connectivity index (χ0v) is 14.6. The second kappa shape index (κ2) is 6.42. The highest BCUT2D eigenvalue weighted by Gasteiger charge is 2.18. The quantitative estimate of drug-likeness (QED) is 0.705. The van der Waals surface area contributed by atoms with E-state index in [9.17, 15) is 4.79 Å². The maximum Gasteiger partial charge on any atom is 0.245 e. The Morgan fingerprint density at radius 1 is 0.958 bits per heavy atom. The summed E-state index contributed by atoms with van der Waals surface area (Å²) in [6.45, 7) is 2.53. The molecule has 2 aromatic carbocycles. The highest BCUT2D eigenvalue weighted by Crippen LogP contribution is 2.24. The Kier molecular flexibility index (Phi) is 4.12. The molecule has 0 unspecified atom stereocenters. The van der Waals surface area contributed by atoms with Crippen LogP contribution in [0.3, 0.4) is 0 Å². The molecule has 4 nitrogen and oxygen atoms in total. The summed E-state index contributed by atoms with van der Waals surface area (Å²) in [5, 5.41) is 0. The van der Waals surface area contributed by atoms with Gasteiger partial charge in [-0.15, -0.1) is 0 Å². The van der Waals surface area contributed by atoms with Gasteiger partial charge in [-0.2, -0.15) is 0 Å². The zero-order chi connectivity index (χ0) is 16.5. The van der Waals surface area contributed by atoms with Crippen molar-refractivity contribution < 1.29 is 4.79 Å². The van der Waals surface area contributed by atoms with E-state index in [0.717, 1.165) is 34.3 Å². The van der Waals surface area contributed by atoms with E-state index in [0.29, 0.717) is 6.54 Å². The average molecular weight is 339 g/mol. The van der Waals surface area contributed by atoms with Crippen LogP contribution >= 0.6 is 11.5 Å². The van der Waals surface area contributed by atoms with Crippen molar-refractivity contribution in [1.29, 1.82) is 0 Å². The van der Waals surface area contributed by atoms with E-state index in [2.05, 4.69) is 28.0 Å². The van der Waals surface area contributed by atoms with Gasteiger partial charge < -0.3 is 0 Å². The zero-order valence-electron chi connectivity index (χ0n) is 13.8. The molecule has 0 atom stereocenters. The van der Waals surface area contributed by atoms with Gasteiger partial charge in [0.05, 0.1) is 27.8 Å². The van der Waals surface area contributed by atoms with Crippen molar-refractivity contribution in [3.63, 3.8) is 0 Å². The highest BCUT2D eigenvalue weighted by atomic mass is 32.1. The van der Waals surface area contributed by atoms with Gasteiger partial charge in [0.2, 0.25) is 5.91 Å². The van der Waals surface area contributed by atoms with Gasteiger partial charge in [-0.3, -0.25) is 18.2 Å². The van der Waals surface area contributed by atoms with Crippen molar-refractivity contribution in [2.45, 2.75) is 12.8 Å². The predicted octanol–water partition coefficient (Wildman–Crippen LogP) is 4.05. The van der Waals surface area contributed by atoms with E-state index in [1.807, 2.05) is 41.0 Å². The first-order valence-corrected chi connectivity index (χ1v) is 9.16. The van der Waals surface area contributed by atoms with Crippen molar-refractivity contribution >= 4 is 38.7 Å². The first-order valence-electron chi connectivity index (χ1n) is 8.39. The fraction of sp³-hybridized carbons (Fsp3) is 0.316. The van der Waals surface area contributed by atoms with Gasteiger partial charge in [-0.25, -0.2) is 0 Å². The Hall–Kier alpha value is -2.11. The number of hydrogen-bond acceptors (Lipinski definition) is 3. The molecule has 1 aromatic heterocycles. The monoisotopic (exact) mass is 339 g/mol. The Morgan fingerprint density at radius 2 is 1.58 bits per heavy atom. The van der Waals surface area contributed by atoms with E-state index in [1.54, 1.807) is 11.5 Å². The van der Waals surface area contributed by atoms with Crippen LogP contribution in [0.4, 0.5) is 0 Å². The molecule has 0 spiro atoms. The fourth-order valence-corrected chi connectivity index (χ4v) is 4.38. The van der Waals surface area contributed by atoms with E-state index in [-0.39, 0.29) is 5.91 Å². The number of aryl methyl sites for hydroxylation is 1. The third-order valence-corrected chi connectivity index (χ3v) is 5.62. The molecule has 1 aliphatic rings. The van der Waals surface area contributed by atoms with Crippen molar-refractivity contribution in [2.24, 2.45) is 7.05 Å². The summed E-state index contributed by atoms with van der Waals surface area (Å²) in [6.07, 6.45) is 2.39. The molecule has 0 N–H and O–H groups in total. The first-order chi connectivity index (χ1) is 11.7. The molecule has 1 aliphatic heterocycles. The lowest BCUT2D eigenvalue weighted by Crippen LogP contribution is -2.30. The summed E-state index contributed by atoms with van der Waals surface area (Å²) in [4.78, 5) is 15.5. The van der Waals surface area contributed by atoms with Crippen LogP contribution in [-0.2, 0) is 7.05 Å². The Labute approximate surface area is 145 Å². The second-order valence-corrected chi connectivity index (χ2v) is 7.43. The summed E-state index contributed by atoms with van der Waals surface area (Å²) < 4.78 is 5.14. The number of para-hydroxylation sites is 3. The van der Waals surface area contributed by atoms with Crippen molar-refractivity contribution in [2.75, 3.05) is 19.6 Å². The van der Waals surface area contributed by atoms with Gasteiger partial charge in [0.15, 0.2) is 0 Å². The van der Waals surface area contributed by atoms with E-state index >= 15 is 0 Å². The van der Waals surface area contributed by atoms with Crippen LogP contribution in [-0.4, -0.2) is 39.0 Å². The number of rotatable bonds is 2. The molecule has 4 rings (SSSR count). The third kappa shape index (κ3) is 2.74. The van der Waals surface area contributed by atoms with Crippen LogP contribution in [0.5, 0.6) is 0 Å². The molecule has 1 fully saturated rings. The predicted molar refractivity (Wildman–Crippen MR) is 100 cm³/mol. The average Bonchev–Trinajstić information content (AvgIpc) is 3.05. The van der Waals surface area contributed by atoms with Gasteiger partial charge in [-0.1, -0.05) is 35.8 Å². The summed E-state index contributed by atoms with van der Waals surface area (Å²) in [6, 6.07) is 16.3. The van der Waals surface area contributed by atoms with Gasteiger partial charge >= 0.3 is 0 Å². The van der Waals surface area contributed by atoms with Crippen LogP contribution < -0.4 is 0 Å². The minimum absolute atomic E-state index is 0.146. The molecular weight excluding hydrogens is 318 g/mol. The van der Waals surface area contributed by atoms with E-state index in [4.69, 9.17) is 0 Å². The number of fused-ring (bicyclic) bond motifs is 2. The number of hydrogen-bond donors (Lipinski definition) is 0. The van der Waals surface area contributed by atoms with Crippen LogP contribution in [0.25, 0.3) is 21.3 Å². The van der Waals surface area contributed by atoms with Gasteiger partial charge in [0.25, 0.3) is 0 Å². The van der Waals surface area contributed by atoms with Crippen LogP contribution in [0.2, 0.25) is 0 Å². The summed E-state index contributed by atoms with van der Waals surface area (Å²) in [5.74, 6) is 0.146. The highest BCUT2D eigenvalue weighted by molar-refractivity contribution is 7.13. The van der Waals surface area contributed by atoms with Gasteiger partial charge in [0, 0.05) is 7.05 Å². The number of carbonyl (C=O) groups excluding carboxylic acids is 1. The second-order valence-electron chi connectivity index (χ2n) is 6.26. The lowest BCUT2D eigenvalue weighted by atomic mass is 10.2. The molecule has 5 heteroatoms. The Bertz CT molecular complexity index is 942. The Morgan fingerprint density at radius 3 is 2.33 bits per heavy atom. The van der Waals surface area contributed by atoms with Crippen molar-refractivity contribution in [3.05, 3.63) is 48.5 Å². The molecule has 0 amide bonds. The van der Waals surface area contributed by atoms with E-state index < -0.39 is 0 Å². The van der Waals surface area contributed by atoms with E-state index in [1.165, 1.54) is 12.8 Å². The molecule has 124 valence electrons. The standard InChI is InChI=1S/C19H21N3OS/c1-20-15-8-2-3-9-16(15)22(17-10-4-5-11-18(17)24-20)19(23)14-21-12-6-7-13-21/h2-5,8-11H,6-7,12-14H2,1H3. The molecule has 1 saturated heterocycles. The topological polar surface area (TPSA) is 30.2 Å². The van der Waals surface area contributed by atoms with Gasteiger partial charge in [0.1, 0.15) is 0 Å². The molecule has 2 heterocycles. The van der Waals surface area contributed by atoms with Gasteiger partial charge in [-0.05, 0) is 50.2 Å². The third-order valence-electron chi connectivity index (χ3n) is 4.61. The lowest BCUT2D eigenvalue weighted by Gasteiger charge is -2.16. The maximum atomic E-state index is 13.2. The molecule has 0 aliphatic carbocycles. The molecule has 0 radical (unpaired) electrons. The molecule has 0 bridgehead atoms. The summed E-state index contributed by atoms with van der Waals surface area (Å²) in [5.41, 5.74) is 3.00. The molecular formula is C19H21N3OS.